The third-order valence-corrected chi connectivity index (χ3v) is 5.71. The topological polar surface area (TPSA) is 72.8 Å². The second-order valence-corrected chi connectivity index (χ2v) is 7.47. The lowest BCUT2D eigenvalue weighted by Crippen LogP contribution is -2.49. The van der Waals surface area contributed by atoms with Gasteiger partial charge in [0.15, 0.2) is 0 Å². The van der Waals surface area contributed by atoms with Crippen LogP contribution in [0.4, 0.5) is 11.5 Å². The number of anilines is 2. The number of hydrogen-bond acceptors (Lipinski definition) is 6. The number of piperidine rings is 1. The molecule has 0 amide bonds. The summed E-state index contributed by atoms with van der Waals surface area (Å²) in [5, 5.41) is 9.88. The molecule has 0 bridgehead atoms. The highest BCUT2D eigenvalue weighted by molar-refractivity contribution is 5.75. The van der Waals surface area contributed by atoms with Crippen LogP contribution in [0.25, 0.3) is 0 Å². The van der Waals surface area contributed by atoms with Crippen LogP contribution in [0.5, 0.6) is 0 Å². The molecule has 0 radical (unpaired) electrons. The maximum atomic E-state index is 12.0. The first-order valence-electron chi connectivity index (χ1n) is 10.0. The van der Waals surface area contributed by atoms with Crippen LogP contribution in [0.3, 0.4) is 0 Å². The molecule has 0 aromatic carbocycles. The molecule has 0 aliphatic carbocycles. The Morgan fingerprint density at radius 3 is 2.21 bits per heavy atom. The van der Waals surface area contributed by atoms with Gasteiger partial charge in [-0.2, -0.15) is 0 Å². The summed E-state index contributed by atoms with van der Waals surface area (Å²) in [5.74, 6) is 0.139. The number of piperazine rings is 1. The van der Waals surface area contributed by atoms with Gasteiger partial charge in [0.25, 0.3) is 0 Å². The smallest absolute Gasteiger partial charge is 0.325 e. The fourth-order valence-electron chi connectivity index (χ4n) is 4.17. The summed E-state index contributed by atoms with van der Waals surface area (Å²) in [6, 6.07) is 7.25. The van der Waals surface area contributed by atoms with Gasteiger partial charge in [-0.25, -0.2) is 4.98 Å². The number of carboxylic acid groups (broad SMARTS) is 1. The van der Waals surface area contributed by atoms with Gasteiger partial charge in [0.1, 0.15) is 11.9 Å². The molecular formula is C21H27N5O2. The minimum atomic E-state index is -0.815. The van der Waals surface area contributed by atoms with Gasteiger partial charge < -0.3 is 14.9 Å². The van der Waals surface area contributed by atoms with Crippen LogP contribution < -0.4 is 9.80 Å². The number of rotatable bonds is 5. The SMILES string of the molecule is O=C(O)C(c1ccc(N2CCCCC2)nc1)N1CCN(c2ccncc2)CC1. The van der Waals surface area contributed by atoms with Crippen molar-refractivity contribution in [3.63, 3.8) is 0 Å². The van der Waals surface area contributed by atoms with Gasteiger partial charge in [-0.05, 0) is 43.0 Å². The van der Waals surface area contributed by atoms with E-state index in [2.05, 4.69) is 19.8 Å². The lowest BCUT2D eigenvalue weighted by Gasteiger charge is -2.38. The lowest BCUT2D eigenvalue weighted by molar-refractivity contribution is -0.143. The van der Waals surface area contributed by atoms with Gasteiger partial charge in [0.05, 0.1) is 0 Å². The zero-order chi connectivity index (χ0) is 19.3. The molecule has 2 aliphatic rings. The second kappa shape index (κ2) is 8.56. The van der Waals surface area contributed by atoms with E-state index >= 15 is 0 Å². The van der Waals surface area contributed by atoms with E-state index in [0.717, 1.165) is 43.2 Å². The zero-order valence-corrected chi connectivity index (χ0v) is 16.1. The van der Waals surface area contributed by atoms with E-state index < -0.39 is 12.0 Å². The first-order valence-corrected chi connectivity index (χ1v) is 10.0. The highest BCUT2D eigenvalue weighted by atomic mass is 16.4. The monoisotopic (exact) mass is 381 g/mol. The van der Waals surface area contributed by atoms with Crippen LogP contribution in [0.15, 0.2) is 42.9 Å². The Labute approximate surface area is 165 Å². The minimum Gasteiger partial charge on any atom is -0.480 e. The van der Waals surface area contributed by atoms with Crippen molar-refractivity contribution in [3.05, 3.63) is 48.4 Å². The maximum absolute atomic E-state index is 12.0. The highest BCUT2D eigenvalue weighted by Crippen LogP contribution is 2.26. The molecule has 7 heteroatoms. The van der Waals surface area contributed by atoms with Crippen molar-refractivity contribution < 1.29 is 9.90 Å². The van der Waals surface area contributed by atoms with Gasteiger partial charge in [-0.3, -0.25) is 14.7 Å². The van der Waals surface area contributed by atoms with E-state index in [4.69, 9.17) is 0 Å². The van der Waals surface area contributed by atoms with Crippen LogP contribution in [-0.4, -0.2) is 65.2 Å². The Bertz CT molecular complexity index is 769. The number of pyridine rings is 2. The first-order chi connectivity index (χ1) is 13.7. The standard InChI is InChI=1S/C21H27N5O2/c27-21(28)20(17-4-5-19(23-16-17)25-10-2-1-3-11-25)26-14-12-24(13-15-26)18-6-8-22-9-7-18/h4-9,16,20H,1-3,10-15H2,(H,27,28). The number of aliphatic carboxylic acids is 1. The van der Waals surface area contributed by atoms with Crippen molar-refractivity contribution in [3.8, 4) is 0 Å². The van der Waals surface area contributed by atoms with E-state index in [0.29, 0.717) is 13.1 Å². The molecule has 2 aliphatic heterocycles. The van der Waals surface area contributed by atoms with Gasteiger partial charge in [-0.1, -0.05) is 6.07 Å². The summed E-state index contributed by atoms with van der Waals surface area (Å²) in [7, 11) is 0. The molecule has 2 aromatic rings. The molecule has 2 aromatic heterocycles. The molecule has 4 heterocycles. The number of nitrogens with zero attached hydrogens (tertiary/aromatic N) is 5. The number of carboxylic acids is 1. The van der Waals surface area contributed by atoms with Crippen LogP contribution in [-0.2, 0) is 4.79 Å². The largest absolute Gasteiger partial charge is 0.480 e. The number of carbonyl (C=O) groups is 1. The lowest BCUT2D eigenvalue weighted by atomic mass is 10.1. The Kier molecular flexibility index (Phi) is 5.71. The molecule has 2 saturated heterocycles. The molecule has 0 saturated carbocycles. The Morgan fingerprint density at radius 1 is 0.893 bits per heavy atom. The summed E-state index contributed by atoms with van der Waals surface area (Å²) >= 11 is 0. The average Bonchev–Trinajstić information content (AvgIpc) is 2.76. The molecule has 7 nitrogen and oxygen atoms in total. The molecule has 4 rings (SSSR count). The van der Waals surface area contributed by atoms with Gasteiger partial charge in [0, 0.05) is 63.5 Å². The van der Waals surface area contributed by atoms with E-state index in [1.807, 2.05) is 29.2 Å². The Hall–Kier alpha value is -2.67. The molecule has 28 heavy (non-hydrogen) atoms. The van der Waals surface area contributed by atoms with Crippen LogP contribution >= 0.6 is 0 Å². The number of hydrogen-bond donors (Lipinski definition) is 1. The summed E-state index contributed by atoms with van der Waals surface area (Å²) in [6.45, 7) is 5.07. The van der Waals surface area contributed by atoms with Crippen molar-refractivity contribution in [2.75, 3.05) is 49.1 Å². The third-order valence-electron chi connectivity index (χ3n) is 5.71. The molecule has 1 unspecified atom stereocenters. The van der Waals surface area contributed by atoms with E-state index in [9.17, 15) is 9.90 Å². The molecule has 1 N–H and O–H groups in total. The molecule has 1 atom stereocenters. The normalized spacial score (nSPS) is 19.4. The van der Waals surface area contributed by atoms with Crippen molar-refractivity contribution in [1.82, 2.24) is 14.9 Å². The summed E-state index contributed by atoms with van der Waals surface area (Å²) in [6.07, 6.45) is 9.00. The van der Waals surface area contributed by atoms with Crippen molar-refractivity contribution >= 4 is 17.5 Å². The van der Waals surface area contributed by atoms with E-state index in [-0.39, 0.29) is 0 Å². The van der Waals surface area contributed by atoms with Gasteiger partial charge >= 0.3 is 5.97 Å². The predicted molar refractivity (Wildman–Crippen MR) is 109 cm³/mol. The third kappa shape index (κ3) is 4.09. The van der Waals surface area contributed by atoms with Crippen molar-refractivity contribution in [2.24, 2.45) is 0 Å². The summed E-state index contributed by atoms with van der Waals surface area (Å²) in [4.78, 5) is 27.3. The average molecular weight is 381 g/mol. The van der Waals surface area contributed by atoms with Crippen LogP contribution in [0.1, 0.15) is 30.9 Å². The minimum absolute atomic E-state index is 0.650. The molecule has 2 fully saturated rings. The van der Waals surface area contributed by atoms with Gasteiger partial charge in [-0.15, -0.1) is 0 Å². The summed E-state index contributed by atoms with van der Waals surface area (Å²) in [5.41, 5.74) is 1.89. The molecule has 148 valence electrons. The highest BCUT2D eigenvalue weighted by Gasteiger charge is 2.30. The van der Waals surface area contributed by atoms with E-state index in [1.54, 1.807) is 18.6 Å². The van der Waals surface area contributed by atoms with Crippen LogP contribution in [0, 0.1) is 0 Å². The number of aromatic nitrogens is 2. The zero-order valence-electron chi connectivity index (χ0n) is 16.1. The second-order valence-electron chi connectivity index (χ2n) is 7.47. The Balaban J connectivity index is 1.43. The quantitative estimate of drug-likeness (QED) is 0.853. The summed E-state index contributed by atoms with van der Waals surface area (Å²) < 4.78 is 0. The fourth-order valence-corrected chi connectivity index (χ4v) is 4.17. The van der Waals surface area contributed by atoms with Gasteiger partial charge in [0.2, 0.25) is 0 Å². The van der Waals surface area contributed by atoms with E-state index in [1.165, 1.54) is 19.3 Å². The maximum Gasteiger partial charge on any atom is 0.325 e. The van der Waals surface area contributed by atoms with Crippen molar-refractivity contribution in [2.45, 2.75) is 25.3 Å². The van der Waals surface area contributed by atoms with Crippen molar-refractivity contribution in [1.29, 1.82) is 0 Å². The molecule has 0 spiro atoms. The molecular weight excluding hydrogens is 354 g/mol. The van der Waals surface area contributed by atoms with Crippen LogP contribution in [0.2, 0.25) is 0 Å². The predicted octanol–water partition coefficient (Wildman–Crippen LogP) is 2.41. The first kappa shape index (κ1) is 18.7. The fraction of sp³-hybridized carbons (Fsp3) is 0.476. The Morgan fingerprint density at radius 2 is 1.61 bits per heavy atom.